The SMILES string of the molecule is CCOc1ccc(C2CCC(c3ccc(C4CCC(CO)CC4)c(F)c3F)CC2)c(F)c1F. The molecule has 2 aliphatic carbocycles. The summed E-state index contributed by atoms with van der Waals surface area (Å²) < 4.78 is 64.0. The zero-order chi connectivity index (χ0) is 23.5. The van der Waals surface area contributed by atoms with Gasteiger partial charge in [0.2, 0.25) is 5.82 Å². The van der Waals surface area contributed by atoms with E-state index in [1.54, 1.807) is 25.1 Å². The van der Waals surface area contributed by atoms with E-state index in [-0.39, 0.29) is 42.6 Å². The van der Waals surface area contributed by atoms with Gasteiger partial charge in [0.25, 0.3) is 0 Å². The zero-order valence-electron chi connectivity index (χ0n) is 19.1. The number of ether oxygens (including phenoxy) is 1. The van der Waals surface area contributed by atoms with Crippen LogP contribution in [-0.4, -0.2) is 18.3 Å². The molecule has 0 atom stereocenters. The molecule has 0 spiro atoms. The van der Waals surface area contributed by atoms with Crippen molar-refractivity contribution in [1.82, 2.24) is 0 Å². The van der Waals surface area contributed by atoms with Gasteiger partial charge in [-0.2, -0.15) is 4.39 Å². The molecule has 2 aliphatic rings. The Morgan fingerprint density at radius 3 is 1.48 bits per heavy atom. The molecule has 0 aliphatic heterocycles. The fraction of sp³-hybridized carbons (Fsp3) is 0.556. The lowest BCUT2D eigenvalue weighted by Gasteiger charge is -2.31. The molecule has 0 heterocycles. The van der Waals surface area contributed by atoms with Gasteiger partial charge in [-0.15, -0.1) is 0 Å². The van der Waals surface area contributed by atoms with Crippen LogP contribution in [0.1, 0.15) is 92.7 Å². The summed E-state index contributed by atoms with van der Waals surface area (Å²) in [5.74, 6) is -3.47. The highest BCUT2D eigenvalue weighted by molar-refractivity contribution is 5.35. The third-order valence-corrected chi connectivity index (χ3v) is 7.67. The van der Waals surface area contributed by atoms with Gasteiger partial charge < -0.3 is 9.84 Å². The summed E-state index contributed by atoms with van der Waals surface area (Å²) in [4.78, 5) is 0. The molecular weight excluding hydrogens is 432 g/mol. The molecule has 6 heteroatoms. The van der Waals surface area contributed by atoms with Crippen LogP contribution in [0, 0.1) is 29.2 Å². The maximum atomic E-state index is 15.1. The topological polar surface area (TPSA) is 29.5 Å². The Hall–Kier alpha value is -2.08. The number of rotatable bonds is 6. The van der Waals surface area contributed by atoms with Gasteiger partial charge in [-0.05, 0) is 105 Å². The van der Waals surface area contributed by atoms with E-state index in [1.165, 1.54) is 6.07 Å². The second kappa shape index (κ2) is 10.5. The lowest BCUT2D eigenvalue weighted by Crippen LogP contribution is -2.18. The smallest absolute Gasteiger partial charge is 0.200 e. The lowest BCUT2D eigenvalue weighted by atomic mass is 9.75. The first-order valence-corrected chi connectivity index (χ1v) is 12.1. The molecule has 0 aromatic heterocycles. The number of hydrogen-bond donors (Lipinski definition) is 1. The average molecular weight is 465 g/mol. The van der Waals surface area contributed by atoms with Crippen LogP contribution in [0.25, 0.3) is 0 Å². The Kier molecular flexibility index (Phi) is 7.62. The number of benzene rings is 2. The van der Waals surface area contributed by atoms with Crippen LogP contribution in [-0.2, 0) is 0 Å². The largest absolute Gasteiger partial charge is 0.491 e. The molecule has 0 radical (unpaired) electrons. The van der Waals surface area contributed by atoms with E-state index in [0.717, 1.165) is 25.7 Å². The maximum Gasteiger partial charge on any atom is 0.200 e. The molecule has 2 fully saturated rings. The van der Waals surface area contributed by atoms with Crippen LogP contribution < -0.4 is 4.74 Å². The van der Waals surface area contributed by atoms with Gasteiger partial charge in [0.05, 0.1) is 6.61 Å². The molecule has 2 aromatic carbocycles. The molecule has 2 saturated carbocycles. The Labute approximate surface area is 193 Å². The zero-order valence-corrected chi connectivity index (χ0v) is 19.1. The third-order valence-electron chi connectivity index (χ3n) is 7.67. The van der Waals surface area contributed by atoms with Crippen molar-refractivity contribution in [3.8, 4) is 5.75 Å². The maximum absolute atomic E-state index is 15.1. The third kappa shape index (κ3) is 4.91. The molecule has 2 aromatic rings. The second-order valence-electron chi connectivity index (χ2n) is 9.53. The Morgan fingerprint density at radius 2 is 1.06 bits per heavy atom. The first kappa shape index (κ1) is 24.1. The summed E-state index contributed by atoms with van der Waals surface area (Å²) in [6.07, 6.45) is 5.54. The molecule has 0 amide bonds. The lowest BCUT2D eigenvalue weighted by molar-refractivity contribution is 0.181. The van der Waals surface area contributed by atoms with Crippen molar-refractivity contribution in [2.45, 2.75) is 76.0 Å². The summed E-state index contributed by atoms with van der Waals surface area (Å²) in [5.41, 5.74) is 1.15. The molecule has 0 bridgehead atoms. The van der Waals surface area contributed by atoms with Gasteiger partial charge in [0, 0.05) is 6.61 Å². The highest BCUT2D eigenvalue weighted by Gasteiger charge is 2.31. The molecule has 1 N–H and O–H groups in total. The van der Waals surface area contributed by atoms with E-state index >= 15 is 4.39 Å². The highest BCUT2D eigenvalue weighted by Crippen LogP contribution is 2.44. The Morgan fingerprint density at radius 1 is 0.667 bits per heavy atom. The highest BCUT2D eigenvalue weighted by atomic mass is 19.2. The quantitative estimate of drug-likeness (QED) is 0.453. The first-order chi connectivity index (χ1) is 15.9. The van der Waals surface area contributed by atoms with Crippen molar-refractivity contribution in [3.63, 3.8) is 0 Å². The minimum atomic E-state index is -0.965. The Bertz CT molecular complexity index is 961. The van der Waals surface area contributed by atoms with Gasteiger partial charge in [-0.1, -0.05) is 18.2 Å². The molecule has 0 saturated heterocycles. The number of hydrogen-bond acceptors (Lipinski definition) is 2. The minimum Gasteiger partial charge on any atom is -0.491 e. The summed E-state index contributed by atoms with van der Waals surface area (Å²) in [5, 5.41) is 9.30. The van der Waals surface area contributed by atoms with Crippen LogP contribution in [0.2, 0.25) is 0 Å². The van der Waals surface area contributed by atoms with Crippen molar-refractivity contribution in [2.75, 3.05) is 13.2 Å². The van der Waals surface area contributed by atoms with Crippen LogP contribution in [0.3, 0.4) is 0 Å². The number of aliphatic hydroxyl groups is 1. The predicted octanol–water partition coefficient (Wildman–Crippen LogP) is 7.35. The monoisotopic (exact) mass is 464 g/mol. The van der Waals surface area contributed by atoms with Crippen LogP contribution >= 0.6 is 0 Å². The summed E-state index contributed by atoms with van der Waals surface area (Å²) >= 11 is 0. The number of aliphatic hydroxyl groups excluding tert-OH is 1. The molecule has 180 valence electrons. The second-order valence-corrected chi connectivity index (χ2v) is 9.53. The first-order valence-electron chi connectivity index (χ1n) is 12.1. The van der Waals surface area contributed by atoms with Gasteiger partial charge >= 0.3 is 0 Å². The summed E-state index contributed by atoms with van der Waals surface area (Å²) in [6.45, 7) is 2.12. The van der Waals surface area contributed by atoms with Crippen LogP contribution in [0.5, 0.6) is 5.75 Å². The molecule has 0 unspecified atom stereocenters. The van der Waals surface area contributed by atoms with Crippen molar-refractivity contribution in [1.29, 1.82) is 0 Å². The minimum absolute atomic E-state index is 0.00961. The van der Waals surface area contributed by atoms with E-state index < -0.39 is 23.3 Å². The van der Waals surface area contributed by atoms with Gasteiger partial charge in [-0.25, -0.2) is 13.2 Å². The molecule has 33 heavy (non-hydrogen) atoms. The van der Waals surface area contributed by atoms with E-state index in [1.807, 2.05) is 0 Å². The Balaban J connectivity index is 1.44. The van der Waals surface area contributed by atoms with E-state index in [9.17, 15) is 18.3 Å². The van der Waals surface area contributed by atoms with Crippen molar-refractivity contribution >= 4 is 0 Å². The predicted molar refractivity (Wildman–Crippen MR) is 120 cm³/mol. The van der Waals surface area contributed by atoms with E-state index in [4.69, 9.17) is 4.74 Å². The van der Waals surface area contributed by atoms with Crippen LogP contribution in [0.4, 0.5) is 17.6 Å². The van der Waals surface area contributed by atoms with E-state index in [0.29, 0.717) is 42.4 Å². The van der Waals surface area contributed by atoms with Crippen molar-refractivity contribution in [2.24, 2.45) is 5.92 Å². The number of halogens is 4. The fourth-order valence-electron chi connectivity index (χ4n) is 5.71. The standard InChI is InChI=1S/C27H32F4O2/c1-2-33-23-14-13-22(26(30)27(23)31)19-9-7-18(8-10-19)21-12-11-20(24(28)25(21)29)17-5-3-16(15-32)4-6-17/h11-14,16-19,32H,2-10,15H2,1H3. The van der Waals surface area contributed by atoms with Gasteiger partial charge in [0.1, 0.15) is 0 Å². The summed E-state index contributed by atoms with van der Waals surface area (Å²) in [6, 6.07) is 6.49. The van der Waals surface area contributed by atoms with Crippen LogP contribution in [0.15, 0.2) is 24.3 Å². The molecular formula is C27H32F4O2. The van der Waals surface area contributed by atoms with Crippen molar-refractivity contribution < 1.29 is 27.4 Å². The molecule has 4 rings (SSSR count). The van der Waals surface area contributed by atoms with E-state index in [2.05, 4.69) is 0 Å². The summed E-state index contributed by atoms with van der Waals surface area (Å²) in [7, 11) is 0. The fourth-order valence-corrected chi connectivity index (χ4v) is 5.71. The normalized spacial score (nSPS) is 25.8. The van der Waals surface area contributed by atoms with Gasteiger partial charge in [-0.3, -0.25) is 0 Å². The van der Waals surface area contributed by atoms with Gasteiger partial charge in [0.15, 0.2) is 23.2 Å². The molecule has 2 nitrogen and oxygen atoms in total. The average Bonchev–Trinajstić information content (AvgIpc) is 2.84. The van der Waals surface area contributed by atoms with Crippen molar-refractivity contribution in [3.05, 3.63) is 64.2 Å².